The third-order valence-corrected chi connectivity index (χ3v) is 21.0. The molecule has 0 N–H and O–H groups in total. The number of hydrogen-bond donors (Lipinski definition) is 0. The molecule has 8 aromatic rings. The highest BCUT2D eigenvalue weighted by Gasteiger charge is 2.44. The Kier molecular flexibility index (Phi) is 13.6. The standard InChI is InChI=1S/C58H62N2S2Si/c1-5-7-9-11-13-21-37-63(38-22-14-12-10-8-6-2)53-39-41(3)27-30-46(53)47-31-29-45(40-54(47)63)50-35-36-52(62-50)49-33-32-48(51-34-28-42(4)61-51)57-58(49)60-56(44-25-19-16-20-26-44)55(59-57)43-23-17-15-18-24-43/h15-20,23-36,39-40H,5-14,21-22,37-38H2,1-4H3. The molecule has 0 aliphatic carbocycles. The number of aromatic nitrogens is 2. The van der Waals surface area contributed by atoms with Crippen LogP contribution in [0.25, 0.3) is 76.0 Å². The highest BCUT2D eigenvalue weighted by molar-refractivity contribution is 7.19. The van der Waals surface area contributed by atoms with E-state index < -0.39 is 8.07 Å². The molecule has 5 heteroatoms. The molecule has 4 heterocycles. The van der Waals surface area contributed by atoms with Gasteiger partial charge in [0, 0.05) is 41.8 Å². The first-order valence-electron chi connectivity index (χ1n) is 23.9. The molecule has 1 aliphatic heterocycles. The monoisotopic (exact) mass is 878 g/mol. The third kappa shape index (κ3) is 9.07. The van der Waals surface area contributed by atoms with Crippen molar-refractivity contribution in [1.29, 1.82) is 0 Å². The minimum Gasteiger partial charge on any atom is -0.243 e. The molecule has 2 nitrogen and oxygen atoms in total. The SMILES string of the molecule is CCCCCCCC[Si]1(CCCCCCCC)c2cc(C)ccc2-c2ccc(-c3ccc(-c4ccc(-c5ccc(C)s5)c5nc(-c6ccccc6)c(-c6ccccc6)nc45)s3)cc21. The van der Waals surface area contributed by atoms with E-state index in [1.54, 1.807) is 10.4 Å². The Bertz CT molecular complexity index is 2780. The molecule has 0 radical (unpaired) electrons. The summed E-state index contributed by atoms with van der Waals surface area (Å²) in [7, 11) is -2.02. The van der Waals surface area contributed by atoms with Crippen LogP contribution in [0.3, 0.4) is 0 Å². The number of rotatable bonds is 19. The molecule has 1 aliphatic rings. The van der Waals surface area contributed by atoms with Gasteiger partial charge >= 0.3 is 0 Å². The van der Waals surface area contributed by atoms with E-state index >= 15 is 0 Å². The molecule has 0 bridgehead atoms. The van der Waals surface area contributed by atoms with Gasteiger partial charge in [-0.25, -0.2) is 9.97 Å². The Morgan fingerprint density at radius 3 is 1.44 bits per heavy atom. The lowest BCUT2D eigenvalue weighted by atomic mass is 10.0. The number of thiophene rings is 2. The topological polar surface area (TPSA) is 25.8 Å². The first kappa shape index (κ1) is 43.3. The maximum atomic E-state index is 5.63. The van der Waals surface area contributed by atoms with Crippen LogP contribution in [-0.2, 0) is 0 Å². The second kappa shape index (κ2) is 19.8. The molecule has 9 rings (SSSR count). The maximum absolute atomic E-state index is 5.63. The average molecular weight is 879 g/mol. The first-order chi connectivity index (χ1) is 31.0. The lowest BCUT2D eigenvalue weighted by Crippen LogP contribution is -2.55. The molecule has 0 atom stereocenters. The zero-order chi connectivity index (χ0) is 43.2. The van der Waals surface area contributed by atoms with Crippen LogP contribution in [0.5, 0.6) is 0 Å². The van der Waals surface area contributed by atoms with Crippen molar-refractivity contribution in [3.8, 4) is 65.0 Å². The summed E-state index contributed by atoms with van der Waals surface area (Å²) < 4.78 is 0. The summed E-state index contributed by atoms with van der Waals surface area (Å²) in [4.78, 5) is 16.3. The number of benzene rings is 5. The first-order valence-corrected chi connectivity index (χ1v) is 27.9. The van der Waals surface area contributed by atoms with Crippen LogP contribution in [0.1, 0.15) is 101 Å². The van der Waals surface area contributed by atoms with Crippen molar-refractivity contribution in [2.75, 3.05) is 0 Å². The molecule has 0 spiro atoms. The van der Waals surface area contributed by atoms with Gasteiger partial charge in [0.25, 0.3) is 0 Å². The van der Waals surface area contributed by atoms with E-state index in [2.05, 4.69) is 161 Å². The molecule has 0 fully saturated rings. The number of nitrogens with zero attached hydrogens (tertiary/aromatic N) is 2. The van der Waals surface area contributed by atoms with Crippen LogP contribution in [0.4, 0.5) is 0 Å². The fourth-order valence-electron chi connectivity index (χ4n) is 10.2. The van der Waals surface area contributed by atoms with Gasteiger partial charge in [0.2, 0.25) is 0 Å². The molecule has 0 unspecified atom stereocenters. The summed E-state index contributed by atoms with van der Waals surface area (Å²) in [6.07, 6.45) is 16.2. The second-order valence-electron chi connectivity index (χ2n) is 18.0. The number of aryl methyl sites for hydroxylation is 2. The molecular formula is C58H62N2S2Si. The van der Waals surface area contributed by atoms with Crippen molar-refractivity contribution < 1.29 is 0 Å². The molecule has 3 aromatic heterocycles. The zero-order valence-electron chi connectivity index (χ0n) is 37.8. The van der Waals surface area contributed by atoms with E-state index in [9.17, 15) is 0 Å². The largest absolute Gasteiger partial charge is 0.243 e. The van der Waals surface area contributed by atoms with Crippen molar-refractivity contribution in [1.82, 2.24) is 9.97 Å². The van der Waals surface area contributed by atoms with E-state index in [1.165, 1.54) is 131 Å². The zero-order valence-corrected chi connectivity index (χ0v) is 40.4. The summed E-state index contributed by atoms with van der Waals surface area (Å²) in [5.41, 5.74) is 14.0. The van der Waals surface area contributed by atoms with E-state index in [1.807, 2.05) is 22.7 Å². The van der Waals surface area contributed by atoms with Gasteiger partial charge < -0.3 is 0 Å². The van der Waals surface area contributed by atoms with Crippen molar-refractivity contribution in [2.24, 2.45) is 0 Å². The van der Waals surface area contributed by atoms with Crippen molar-refractivity contribution in [3.63, 3.8) is 0 Å². The van der Waals surface area contributed by atoms with Gasteiger partial charge in [-0.3, -0.25) is 0 Å². The van der Waals surface area contributed by atoms with E-state index in [0.29, 0.717) is 0 Å². The lowest BCUT2D eigenvalue weighted by Gasteiger charge is -2.31. The summed E-state index contributed by atoms with van der Waals surface area (Å²) >= 11 is 3.72. The second-order valence-corrected chi connectivity index (χ2v) is 24.6. The molecule has 0 amide bonds. The third-order valence-electron chi connectivity index (χ3n) is 13.5. The summed E-state index contributed by atoms with van der Waals surface area (Å²) in [6, 6.07) is 52.6. The van der Waals surface area contributed by atoms with Gasteiger partial charge in [-0.15, -0.1) is 22.7 Å². The van der Waals surface area contributed by atoms with E-state index in [-0.39, 0.29) is 0 Å². The molecule has 0 saturated heterocycles. The van der Waals surface area contributed by atoms with Gasteiger partial charge in [-0.1, -0.05) is 206 Å². The summed E-state index contributed by atoms with van der Waals surface area (Å²) in [5, 5.41) is 3.42. The normalized spacial score (nSPS) is 12.8. The Morgan fingerprint density at radius 2 is 0.889 bits per heavy atom. The van der Waals surface area contributed by atoms with Crippen LogP contribution in [0.15, 0.2) is 133 Å². The fourth-order valence-corrected chi connectivity index (χ4v) is 17.8. The lowest BCUT2D eigenvalue weighted by molar-refractivity contribution is 0.616. The Morgan fingerprint density at radius 1 is 0.413 bits per heavy atom. The molecule has 0 saturated carbocycles. The smallest absolute Gasteiger partial charge is 0.119 e. The van der Waals surface area contributed by atoms with Gasteiger partial charge in [0.1, 0.15) is 8.07 Å². The minimum absolute atomic E-state index is 0.914. The van der Waals surface area contributed by atoms with Crippen molar-refractivity contribution in [2.45, 2.75) is 117 Å². The van der Waals surface area contributed by atoms with Crippen molar-refractivity contribution in [3.05, 3.63) is 144 Å². The number of hydrogen-bond acceptors (Lipinski definition) is 4. The minimum atomic E-state index is -2.02. The highest BCUT2D eigenvalue weighted by atomic mass is 32.1. The predicted octanol–water partition coefficient (Wildman–Crippen LogP) is 17.0. The summed E-state index contributed by atoms with van der Waals surface area (Å²) in [5.74, 6) is 0. The van der Waals surface area contributed by atoms with E-state index in [0.717, 1.165) is 44.7 Å². The van der Waals surface area contributed by atoms with Crippen LogP contribution in [0.2, 0.25) is 12.1 Å². The van der Waals surface area contributed by atoms with Gasteiger partial charge in [0.05, 0.1) is 22.4 Å². The van der Waals surface area contributed by atoms with Gasteiger partial charge in [-0.2, -0.15) is 0 Å². The maximum Gasteiger partial charge on any atom is 0.119 e. The van der Waals surface area contributed by atoms with Crippen LogP contribution in [0, 0.1) is 13.8 Å². The number of unbranched alkanes of at least 4 members (excludes halogenated alkanes) is 10. The van der Waals surface area contributed by atoms with Crippen LogP contribution in [-0.4, -0.2) is 18.0 Å². The van der Waals surface area contributed by atoms with Crippen LogP contribution >= 0.6 is 22.7 Å². The molecule has 320 valence electrons. The highest BCUT2D eigenvalue weighted by Crippen LogP contribution is 2.44. The molecular weight excluding hydrogens is 817 g/mol. The fraction of sp³-hybridized carbons (Fsp3) is 0.310. The van der Waals surface area contributed by atoms with Crippen LogP contribution < -0.4 is 10.4 Å². The Balaban J connectivity index is 1.14. The number of fused-ring (bicyclic) bond motifs is 4. The Labute approximate surface area is 385 Å². The van der Waals surface area contributed by atoms with Gasteiger partial charge in [-0.05, 0) is 77.3 Å². The molecule has 63 heavy (non-hydrogen) atoms. The molecule has 5 aromatic carbocycles. The van der Waals surface area contributed by atoms with E-state index in [4.69, 9.17) is 9.97 Å². The summed E-state index contributed by atoms with van der Waals surface area (Å²) in [6.45, 7) is 9.15. The quantitative estimate of drug-likeness (QED) is 0.0597. The van der Waals surface area contributed by atoms with Crippen molar-refractivity contribution >= 4 is 52.2 Å². The van der Waals surface area contributed by atoms with Gasteiger partial charge in [0.15, 0.2) is 0 Å². The average Bonchev–Trinajstić information content (AvgIpc) is 4.05. The Hall–Kier alpha value is -4.94. The predicted molar refractivity (Wildman–Crippen MR) is 279 cm³/mol.